The molecule has 1 atom stereocenters. The van der Waals surface area contributed by atoms with E-state index in [2.05, 4.69) is 31.5 Å². The van der Waals surface area contributed by atoms with Gasteiger partial charge in [0.1, 0.15) is 11.5 Å². The Balaban J connectivity index is 0.00000163. The standard InChI is InChI=1S/C20H26ClNO2.C2H6/c1-13-8-16(10-17(21)9-13)12-22-18-6-7-19(14(2)23-4)20(11-18)15(3)24-5;1-2/h8-10,18,22H,2-3,6-7,11-12H2,1,4-5H3;1-2H3. The molecule has 1 aliphatic rings. The maximum absolute atomic E-state index is 6.14. The minimum atomic E-state index is 0.361. The van der Waals surface area contributed by atoms with E-state index in [-0.39, 0.29) is 0 Å². The maximum atomic E-state index is 6.14. The van der Waals surface area contributed by atoms with Crippen molar-refractivity contribution < 1.29 is 9.47 Å². The maximum Gasteiger partial charge on any atom is 0.115 e. The van der Waals surface area contributed by atoms with E-state index in [0.717, 1.165) is 42.0 Å². The molecule has 0 aliphatic heterocycles. The van der Waals surface area contributed by atoms with Crippen molar-refractivity contribution >= 4 is 11.6 Å². The number of halogens is 1. The van der Waals surface area contributed by atoms with Gasteiger partial charge in [0.05, 0.1) is 14.2 Å². The molecule has 0 saturated carbocycles. The zero-order valence-corrected chi connectivity index (χ0v) is 17.5. The number of hydrogen-bond acceptors (Lipinski definition) is 3. The van der Waals surface area contributed by atoms with Crippen LogP contribution in [0, 0.1) is 6.92 Å². The van der Waals surface area contributed by atoms with Gasteiger partial charge in [0.2, 0.25) is 0 Å². The number of hydrogen-bond donors (Lipinski definition) is 1. The van der Waals surface area contributed by atoms with Gasteiger partial charge in [-0.05, 0) is 49.4 Å². The monoisotopic (exact) mass is 377 g/mol. The summed E-state index contributed by atoms with van der Waals surface area (Å²) in [5.41, 5.74) is 4.58. The molecule has 1 aromatic carbocycles. The molecule has 3 nitrogen and oxygen atoms in total. The Morgan fingerprint density at radius 1 is 1.12 bits per heavy atom. The second-order valence-corrected chi connectivity index (χ2v) is 6.61. The summed E-state index contributed by atoms with van der Waals surface area (Å²) in [6, 6.07) is 6.50. The van der Waals surface area contributed by atoms with Gasteiger partial charge in [0.15, 0.2) is 0 Å². The molecule has 0 heterocycles. The van der Waals surface area contributed by atoms with E-state index in [1.807, 2.05) is 26.0 Å². The van der Waals surface area contributed by atoms with Crippen LogP contribution in [0.3, 0.4) is 0 Å². The Morgan fingerprint density at radius 2 is 1.73 bits per heavy atom. The minimum Gasteiger partial charge on any atom is -0.497 e. The molecule has 1 aliphatic carbocycles. The van der Waals surface area contributed by atoms with Crippen LogP contribution in [-0.4, -0.2) is 20.3 Å². The van der Waals surface area contributed by atoms with Gasteiger partial charge in [-0.25, -0.2) is 0 Å². The zero-order valence-electron chi connectivity index (χ0n) is 16.7. The molecule has 0 fully saturated rings. The van der Waals surface area contributed by atoms with Crippen LogP contribution in [0.5, 0.6) is 0 Å². The summed E-state index contributed by atoms with van der Waals surface area (Å²) < 4.78 is 10.7. The summed E-state index contributed by atoms with van der Waals surface area (Å²) >= 11 is 6.14. The quantitative estimate of drug-likeness (QED) is 0.597. The van der Waals surface area contributed by atoms with Gasteiger partial charge in [-0.3, -0.25) is 0 Å². The summed E-state index contributed by atoms with van der Waals surface area (Å²) in [5.74, 6) is 1.39. The topological polar surface area (TPSA) is 30.5 Å². The number of benzene rings is 1. The van der Waals surface area contributed by atoms with Crippen molar-refractivity contribution in [2.75, 3.05) is 14.2 Å². The third kappa shape index (κ3) is 6.22. The highest BCUT2D eigenvalue weighted by Gasteiger charge is 2.24. The largest absolute Gasteiger partial charge is 0.497 e. The summed E-state index contributed by atoms with van der Waals surface area (Å²) in [5, 5.41) is 4.40. The van der Waals surface area contributed by atoms with Crippen LogP contribution in [0.2, 0.25) is 5.02 Å². The number of nitrogens with one attached hydrogen (secondary N) is 1. The molecule has 0 aromatic heterocycles. The van der Waals surface area contributed by atoms with Crippen LogP contribution in [0.15, 0.2) is 54.0 Å². The van der Waals surface area contributed by atoms with Crippen molar-refractivity contribution in [3.8, 4) is 0 Å². The van der Waals surface area contributed by atoms with Crippen molar-refractivity contribution in [3.63, 3.8) is 0 Å². The van der Waals surface area contributed by atoms with Crippen molar-refractivity contribution in [1.82, 2.24) is 5.32 Å². The molecule has 0 radical (unpaired) electrons. The second-order valence-electron chi connectivity index (χ2n) is 6.17. The first-order chi connectivity index (χ1) is 12.4. The van der Waals surface area contributed by atoms with Crippen molar-refractivity contribution in [1.29, 1.82) is 0 Å². The van der Waals surface area contributed by atoms with Gasteiger partial charge in [-0.15, -0.1) is 0 Å². The molecule has 0 amide bonds. The fourth-order valence-electron chi connectivity index (χ4n) is 3.13. The van der Waals surface area contributed by atoms with E-state index in [1.165, 1.54) is 11.1 Å². The van der Waals surface area contributed by atoms with Crippen LogP contribution >= 0.6 is 11.6 Å². The summed E-state index contributed by atoms with van der Waals surface area (Å²) in [6.07, 6.45) is 2.78. The predicted octanol–water partition coefficient (Wildman–Crippen LogP) is 5.93. The second kappa shape index (κ2) is 11.1. The number of methoxy groups -OCH3 is 2. The van der Waals surface area contributed by atoms with Gasteiger partial charge in [-0.1, -0.05) is 44.7 Å². The third-order valence-corrected chi connectivity index (χ3v) is 4.64. The molecule has 4 heteroatoms. The molecular formula is C22H32ClNO2. The molecule has 0 bridgehead atoms. The summed E-state index contributed by atoms with van der Waals surface area (Å²) in [7, 11) is 3.29. The van der Waals surface area contributed by atoms with E-state index in [4.69, 9.17) is 21.1 Å². The lowest BCUT2D eigenvalue weighted by Gasteiger charge is -2.29. The van der Waals surface area contributed by atoms with Gasteiger partial charge in [-0.2, -0.15) is 0 Å². The number of ether oxygens (including phenoxy) is 2. The normalized spacial score (nSPS) is 16.5. The highest BCUT2D eigenvalue weighted by molar-refractivity contribution is 6.30. The SMILES string of the molecule is C=C(OC)C1=C(C(=C)OC)CC(NCc2cc(C)cc(Cl)c2)CC1.CC. The molecule has 26 heavy (non-hydrogen) atoms. The lowest BCUT2D eigenvalue weighted by Crippen LogP contribution is -2.32. The number of allylic oxidation sites excluding steroid dienone is 2. The molecule has 2 rings (SSSR count). The Kier molecular flexibility index (Phi) is 9.53. The van der Waals surface area contributed by atoms with E-state index in [0.29, 0.717) is 17.6 Å². The number of aryl methyl sites for hydroxylation is 1. The van der Waals surface area contributed by atoms with Gasteiger partial charge < -0.3 is 14.8 Å². The van der Waals surface area contributed by atoms with E-state index >= 15 is 0 Å². The Labute approximate surface area is 163 Å². The fourth-order valence-corrected chi connectivity index (χ4v) is 3.44. The minimum absolute atomic E-state index is 0.361. The Bertz CT molecular complexity index is 644. The Hall–Kier alpha value is -1.71. The third-order valence-electron chi connectivity index (χ3n) is 4.42. The van der Waals surface area contributed by atoms with Crippen LogP contribution in [-0.2, 0) is 16.0 Å². The zero-order chi connectivity index (χ0) is 19.7. The summed E-state index contributed by atoms with van der Waals surface area (Å²) in [4.78, 5) is 0. The van der Waals surface area contributed by atoms with Crippen LogP contribution < -0.4 is 5.32 Å². The van der Waals surface area contributed by atoms with Crippen molar-refractivity contribution in [2.24, 2.45) is 0 Å². The van der Waals surface area contributed by atoms with Gasteiger partial charge in [0.25, 0.3) is 0 Å². The average Bonchev–Trinajstić information content (AvgIpc) is 2.65. The first-order valence-corrected chi connectivity index (χ1v) is 9.50. The molecule has 1 aromatic rings. The fraction of sp³-hybridized carbons (Fsp3) is 0.455. The molecular weight excluding hydrogens is 346 g/mol. The van der Waals surface area contributed by atoms with Crippen molar-refractivity contribution in [2.45, 2.75) is 52.6 Å². The molecule has 1 unspecified atom stereocenters. The average molecular weight is 378 g/mol. The molecule has 0 spiro atoms. The molecule has 0 saturated heterocycles. The van der Waals surface area contributed by atoms with E-state index in [9.17, 15) is 0 Å². The lowest BCUT2D eigenvalue weighted by atomic mass is 9.86. The van der Waals surface area contributed by atoms with Gasteiger partial charge >= 0.3 is 0 Å². The molecule has 144 valence electrons. The van der Waals surface area contributed by atoms with E-state index in [1.54, 1.807) is 14.2 Å². The van der Waals surface area contributed by atoms with Gasteiger partial charge in [0, 0.05) is 28.8 Å². The lowest BCUT2D eigenvalue weighted by molar-refractivity contribution is 0.278. The Morgan fingerprint density at radius 3 is 2.31 bits per heavy atom. The highest BCUT2D eigenvalue weighted by atomic mass is 35.5. The highest BCUT2D eigenvalue weighted by Crippen LogP contribution is 2.33. The smallest absolute Gasteiger partial charge is 0.115 e. The van der Waals surface area contributed by atoms with E-state index < -0.39 is 0 Å². The number of rotatable bonds is 7. The van der Waals surface area contributed by atoms with Crippen molar-refractivity contribution in [3.05, 3.63) is 70.2 Å². The first-order valence-electron chi connectivity index (χ1n) is 9.12. The van der Waals surface area contributed by atoms with Crippen LogP contribution in [0.1, 0.15) is 44.2 Å². The predicted molar refractivity (Wildman–Crippen MR) is 111 cm³/mol. The van der Waals surface area contributed by atoms with Crippen LogP contribution in [0.4, 0.5) is 0 Å². The first kappa shape index (κ1) is 22.3. The van der Waals surface area contributed by atoms with Crippen LogP contribution in [0.25, 0.3) is 0 Å². The molecule has 1 N–H and O–H groups in total. The summed E-state index contributed by atoms with van der Waals surface area (Å²) in [6.45, 7) is 14.9.